The molecule has 0 aromatic heterocycles. The molecule has 1 aromatic rings. The van der Waals surface area contributed by atoms with E-state index >= 15 is 0 Å². The molecule has 0 spiro atoms. The average molecular weight is 387 g/mol. The third kappa shape index (κ3) is 3.65. The fourth-order valence-electron chi connectivity index (χ4n) is 6.46. The smallest absolute Gasteiger partial charge is 0.203 e. The Hall–Kier alpha value is -1.64. The molecule has 3 heteroatoms. The number of aryl methyl sites for hydroxylation is 1. The van der Waals surface area contributed by atoms with Crippen molar-refractivity contribution in [3.8, 4) is 17.2 Å². The van der Waals surface area contributed by atoms with Crippen LogP contribution in [-0.2, 0) is 6.42 Å². The van der Waals surface area contributed by atoms with E-state index in [4.69, 9.17) is 14.2 Å². The van der Waals surface area contributed by atoms with E-state index in [0.29, 0.717) is 17.1 Å². The summed E-state index contributed by atoms with van der Waals surface area (Å²) in [6, 6.07) is 4.14. The Labute approximate surface area is 171 Å². The van der Waals surface area contributed by atoms with Gasteiger partial charge >= 0.3 is 0 Å². The van der Waals surface area contributed by atoms with Crippen molar-refractivity contribution in [2.75, 3.05) is 21.3 Å². The van der Waals surface area contributed by atoms with Crippen molar-refractivity contribution in [1.29, 1.82) is 0 Å². The summed E-state index contributed by atoms with van der Waals surface area (Å²) in [4.78, 5) is 0. The van der Waals surface area contributed by atoms with Crippen LogP contribution < -0.4 is 14.2 Å². The molecule has 0 amide bonds. The molecule has 0 heterocycles. The molecular formula is C25H38O3. The van der Waals surface area contributed by atoms with E-state index in [1.165, 1.54) is 44.1 Å². The predicted molar refractivity (Wildman–Crippen MR) is 115 cm³/mol. The molecule has 28 heavy (non-hydrogen) atoms. The Balaban J connectivity index is 1.84. The first kappa shape index (κ1) is 21.1. The second-order valence-corrected chi connectivity index (χ2v) is 9.10. The van der Waals surface area contributed by atoms with Crippen LogP contribution in [0.5, 0.6) is 17.2 Å². The number of hydrogen-bond donors (Lipinski definition) is 0. The second-order valence-electron chi connectivity index (χ2n) is 9.10. The molecule has 0 N–H and O–H groups in total. The van der Waals surface area contributed by atoms with Crippen LogP contribution in [0.4, 0.5) is 0 Å². The molecular weight excluding hydrogens is 348 g/mol. The highest BCUT2D eigenvalue weighted by Crippen LogP contribution is 2.58. The summed E-state index contributed by atoms with van der Waals surface area (Å²) >= 11 is 0. The monoisotopic (exact) mass is 386 g/mol. The first-order valence-electron chi connectivity index (χ1n) is 10.9. The molecule has 0 radical (unpaired) electrons. The SMILES string of the molecule is C=C[C@@H]1CCC[C@]2(C)[C@@H](CCc3ccc(OC)c(OC)c3OC)C(C)CC[C@@H]12. The molecule has 0 aliphatic heterocycles. The van der Waals surface area contributed by atoms with Crippen molar-refractivity contribution in [2.24, 2.45) is 29.1 Å². The molecule has 1 aromatic carbocycles. The summed E-state index contributed by atoms with van der Waals surface area (Å²) in [5, 5.41) is 0. The van der Waals surface area contributed by atoms with Gasteiger partial charge in [-0.15, -0.1) is 6.58 Å². The van der Waals surface area contributed by atoms with Crippen LogP contribution in [0.15, 0.2) is 24.8 Å². The third-order valence-corrected chi connectivity index (χ3v) is 7.90. The lowest BCUT2D eigenvalue weighted by Crippen LogP contribution is -2.47. The number of allylic oxidation sites excluding steroid dienone is 1. The van der Waals surface area contributed by atoms with Crippen molar-refractivity contribution >= 4 is 0 Å². The van der Waals surface area contributed by atoms with Crippen LogP contribution in [0, 0.1) is 29.1 Å². The Bertz CT molecular complexity index is 683. The summed E-state index contributed by atoms with van der Waals surface area (Å²) < 4.78 is 16.8. The van der Waals surface area contributed by atoms with Crippen molar-refractivity contribution in [2.45, 2.75) is 58.8 Å². The molecule has 5 atom stereocenters. The van der Waals surface area contributed by atoms with Gasteiger partial charge in [0.05, 0.1) is 21.3 Å². The van der Waals surface area contributed by atoms with Crippen LogP contribution in [0.1, 0.15) is 57.9 Å². The van der Waals surface area contributed by atoms with Crippen LogP contribution in [0.2, 0.25) is 0 Å². The highest BCUT2D eigenvalue weighted by molar-refractivity contribution is 5.55. The van der Waals surface area contributed by atoms with Gasteiger partial charge in [0.1, 0.15) is 0 Å². The second kappa shape index (κ2) is 8.80. The average Bonchev–Trinajstić information content (AvgIpc) is 2.71. The van der Waals surface area contributed by atoms with Gasteiger partial charge in [-0.25, -0.2) is 0 Å². The maximum absolute atomic E-state index is 5.72. The lowest BCUT2D eigenvalue weighted by molar-refractivity contribution is -0.0527. The maximum Gasteiger partial charge on any atom is 0.203 e. The van der Waals surface area contributed by atoms with Crippen molar-refractivity contribution in [3.63, 3.8) is 0 Å². The van der Waals surface area contributed by atoms with Gasteiger partial charge in [0, 0.05) is 0 Å². The summed E-state index contributed by atoms with van der Waals surface area (Å²) in [5.41, 5.74) is 1.65. The summed E-state index contributed by atoms with van der Waals surface area (Å²) in [7, 11) is 5.06. The molecule has 1 unspecified atom stereocenters. The zero-order chi connectivity index (χ0) is 20.3. The number of ether oxygens (including phenoxy) is 3. The lowest BCUT2D eigenvalue weighted by atomic mass is 9.49. The van der Waals surface area contributed by atoms with Gasteiger partial charge in [0.15, 0.2) is 11.5 Å². The third-order valence-electron chi connectivity index (χ3n) is 7.90. The van der Waals surface area contributed by atoms with Crippen LogP contribution >= 0.6 is 0 Å². The van der Waals surface area contributed by atoms with Gasteiger partial charge in [-0.1, -0.05) is 38.8 Å². The number of methoxy groups -OCH3 is 3. The van der Waals surface area contributed by atoms with E-state index in [0.717, 1.165) is 35.7 Å². The normalized spacial score (nSPS) is 32.3. The first-order chi connectivity index (χ1) is 13.5. The van der Waals surface area contributed by atoms with Gasteiger partial charge in [-0.05, 0) is 72.8 Å². The fraction of sp³-hybridized carbons (Fsp3) is 0.680. The largest absolute Gasteiger partial charge is 0.493 e. The molecule has 3 rings (SSSR count). The van der Waals surface area contributed by atoms with Crippen LogP contribution in [-0.4, -0.2) is 21.3 Å². The molecule has 156 valence electrons. The summed E-state index contributed by atoms with van der Waals surface area (Å²) in [5.74, 6) is 5.26. The summed E-state index contributed by atoms with van der Waals surface area (Å²) in [6.07, 6.45) is 11.2. The van der Waals surface area contributed by atoms with Gasteiger partial charge < -0.3 is 14.2 Å². The van der Waals surface area contributed by atoms with E-state index in [1.807, 2.05) is 6.07 Å². The lowest BCUT2D eigenvalue weighted by Gasteiger charge is -2.56. The molecule has 2 aliphatic carbocycles. The minimum absolute atomic E-state index is 0.429. The molecule has 3 nitrogen and oxygen atoms in total. The van der Waals surface area contributed by atoms with E-state index in [1.54, 1.807) is 21.3 Å². The van der Waals surface area contributed by atoms with E-state index in [9.17, 15) is 0 Å². The Morgan fingerprint density at radius 2 is 1.82 bits per heavy atom. The minimum Gasteiger partial charge on any atom is -0.493 e. The molecule has 0 saturated heterocycles. The minimum atomic E-state index is 0.429. The van der Waals surface area contributed by atoms with E-state index in [-0.39, 0.29) is 0 Å². The van der Waals surface area contributed by atoms with E-state index in [2.05, 4.69) is 32.6 Å². The van der Waals surface area contributed by atoms with Crippen LogP contribution in [0.25, 0.3) is 0 Å². The molecule has 2 fully saturated rings. The highest BCUT2D eigenvalue weighted by atomic mass is 16.5. The Morgan fingerprint density at radius 3 is 2.46 bits per heavy atom. The van der Waals surface area contributed by atoms with Crippen LogP contribution in [0.3, 0.4) is 0 Å². The zero-order valence-corrected chi connectivity index (χ0v) is 18.4. The first-order valence-corrected chi connectivity index (χ1v) is 10.9. The van der Waals surface area contributed by atoms with Gasteiger partial charge in [-0.2, -0.15) is 0 Å². The van der Waals surface area contributed by atoms with Crippen molar-refractivity contribution in [3.05, 3.63) is 30.4 Å². The molecule has 2 saturated carbocycles. The number of fused-ring (bicyclic) bond motifs is 1. The zero-order valence-electron chi connectivity index (χ0n) is 18.4. The summed E-state index contributed by atoms with van der Waals surface area (Å²) in [6.45, 7) is 9.20. The number of hydrogen-bond acceptors (Lipinski definition) is 3. The Morgan fingerprint density at radius 1 is 1.07 bits per heavy atom. The van der Waals surface area contributed by atoms with E-state index < -0.39 is 0 Å². The standard InChI is InChI=1S/C25H38O3/c1-7-18-9-8-16-25(3)20(17(2)10-13-21(18)25)14-11-19-12-15-22(26-4)24(28-6)23(19)27-5/h7,12,15,17-18,20-21H,1,8-11,13-14,16H2,2-6H3/t17?,18-,20+,21+,25-/m1/s1. The molecule has 2 aliphatic rings. The fourth-order valence-corrected chi connectivity index (χ4v) is 6.46. The van der Waals surface area contributed by atoms with Gasteiger partial charge in [-0.3, -0.25) is 0 Å². The maximum atomic E-state index is 5.72. The van der Waals surface area contributed by atoms with Gasteiger partial charge in [0.2, 0.25) is 5.75 Å². The number of benzene rings is 1. The highest BCUT2D eigenvalue weighted by Gasteiger charge is 2.50. The quantitative estimate of drug-likeness (QED) is 0.515. The van der Waals surface area contributed by atoms with Gasteiger partial charge in [0.25, 0.3) is 0 Å². The van der Waals surface area contributed by atoms with Crippen molar-refractivity contribution < 1.29 is 14.2 Å². The Kier molecular flexibility index (Phi) is 6.62. The molecule has 0 bridgehead atoms. The topological polar surface area (TPSA) is 27.7 Å². The van der Waals surface area contributed by atoms with Crippen molar-refractivity contribution in [1.82, 2.24) is 0 Å². The predicted octanol–water partition coefficient (Wildman–Crippen LogP) is 6.30. The number of rotatable bonds is 7.